The van der Waals surface area contributed by atoms with Crippen LogP contribution in [0.2, 0.25) is 0 Å². The second-order valence-electron chi connectivity index (χ2n) is 3.17. The first-order valence-corrected chi connectivity index (χ1v) is 5.28. The van der Waals surface area contributed by atoms with Crippen LogP contribution in [0.5, 0.6) is 0 Å². The Bertz CT molecular complexity index is 322. The number of hydrogen-bond donors (Lipinski definition) is 0. The number of rotatable bonds is 4. The molecule has 1 fully saturated rings. The summed E-state index contributed by atoms with van der Waals surface area (Å²) in [4.78, 5) is 23.3. The second-order valence-corrected chi connectivity index (χ2v) is 4.21. The van der Waals surface area contributed by atoms with Crippen molar-refractivity contribution in [3.8, 4) is 0 Å². The van der Waals surface area contributed by atoms with Crippen LogP contribution in [-0.2, 0) is 4.79 Å². The van der Waals surface area contributed by atoms with Crippen LogP contribution >= 0.6 is 27.9 Å². The van der Waals surface area contributed by atoms with Gasteiger partial charge in [0.2, 0.25) is 0 Å². The van der Waals surface area contributed by atoms with E-state index in [-0.39, 0.29) is 12.8 Å². The average Bonchev–Trinajstić information content (AvgIpc) is 2.36. The number of urea groups is 1. The van der Waals surface area contributed by atoms with Crippen LogP contribution in [0.1, 0.15) is 12.8 Å². The average molecular weight is 294 g/mol. The van der Waals surface area contributed by atoms with Gasteiger partial charge in [-0.1, -0.05) is 12.2 Å². The van der Waals surface area contributed by atoms with Gasteiger partial charge >= 0.3 is 6.03 Å². The lowest BCUT2D eigenvalue weighted by molar-refractivity contribution is -0.128. The molecule has 15 heavy (non-hydrogen) atoms. The molecular weight excluding hydrogens is 283 g/mol. The van der Waals surface area contributed by atoms with Crippen LogP contribution in [0.3, 0.4) is 0 Å². The molecule has 1 aliphatic rings. The van der Waals surface area contributed by atoms with Crippen LogP contribution < -0.4 is 0 Å². The lowest BCUT2D eigenvalue weighted by Crippen LogP contribution is -2.44. The summed E-state index contributed by atoms with van der Waals surface area (Å²) < 4.78 is 1.72. The maximum atomic E-state index is 11.9. The Labute approximate surface area is 102 Å². The summed E-state index contributed by atoms with van der Waals surface area (Å²) in [6.45, 7) is 7.11. The van der Waals surface area contributed by atoms with Crippen molar-refractivity contribution in [2.45, 2.75) is 18.4 Å². The molecule has 0 aromatic rings. The summed E-state index contributed by atoms with van der Waals surface area (Å²) >= 11 is 8.69. The van der Waals surface area contributed by atoms with Gasteiger partial charge in [0.15, 0.2) is 0 Å². The zero-order valence-corrected chi connectivity index (χ0v) is 10.3. The monoisotopic (exact) mass is 292 g/mol. The lowest BCUT2D eigenvalue weighted by Gasteiger charge is -2.27. The van der Waals surface area contributed by atoms with Crippen molar-refractivity contribution in [2.24, 2.45) is 0 Å². The Morgan fingerprint density at radius 3 is 2.07 bits per heavy atom. The van der Waals surface area contributed by atoms with Gasteiger partial charge < -0.3 is 0 Å². The van der Waals surface area contributed by atoms with Gasteiger partial charge in [-0.2, -0.15) is 3.93 Å². The fourth-order valence-electron chi connectivity index (χ4n) is 1.51. The third-order valence-electron chi connectivity index (χ3n) is 2.25. The maximum absolute atomic E-state index is 11.9. The molecule has 0 aromatic heterocycles. The van der Waals surface area contributed by atoms with Crippen molar-refractivity contribution in [1.82, 2.24) is 8.34 Å². The molecule has 0 atom stereocenters. The molecule has 1 aliphatic heterocycles. The Kier molecular flexibility index (Phi) is 3.57. The number of carbonyl (C=O) groups excluding carboxylic acids is 2. The molecule has 1 saturated heterocycles. The summed E-state index contributed by atoms with van der Waals surface area (Å²) in [7, 11) is 0. The highest BCUT2D eigenvalue weighted by atomic mass is 79.9. The van der Waals surface area contributed by atoms with Crippen molar-refractivity contribution in [3.63, 3.8) is 0 Å². The molecule has 0 spiro atoms. The Morgan fingerprint density at radius 2 is 1.80 bits per heavy atom. The number of amides is 3. The molecule has 82 valence electrons. The minimum atomic E-state index is -1.09. The highest BCUT2D eigenvalue weighted by Gasteiger charge is 2.55. The van der Waals surface area contributed by atoms with E-state index in [9.17, 15) is 9.59 Å². The molecule has 4 nitrogen and oxygen atoms in total. The molecule has 0 aromatic carbocycles. The maximum Gasteiger partial charge on any atom is 0.352 e. The smallest absolute Gasteiger partial charge is 0.271 e. The van der Waals surface area contributed by atoms with E-state index in [4.69, 9.17) is 11.8 Å². The predicted octanol–water partition coefficient (Wildman–Crippen LogP) is 2.61. The lowest BCUT2D eigenvalue weighted by atomic mass is 9.91. The van der Waals surface area contributed by atoms with E-state index in [1.807, 2.05) is 0 Å². The number of carbonyl (C=O) groups is 2. The van der Waals surface area contributed by atoms with Crippen LogP contribution in [-0.4, -0.2) is 25.8 Å². The van der Waals surface area contributed by atoms with Crippen LogP contribution in [0.25, 0.3) is 0 Å². The van der Waals surface area contributed by atoms with Gasteiger partial charge in [0, 0.05) is 11.8 Å². The van der Waals surface area contributed by atoms with Crippen molar-refractivity contribution in [2.75, 3.05) is 0 Å². The summed E-state index contributed by atoms with van der Waals surface area (Å²) in [5.74, 6) is -0.401. The molecule has 1 heterocycles. The topological polar surface area (TPSA) is 40.6 Å². The minimum absolute atomic E-state index is 0.287. The second kappa shape index (κ2) is 4.37. The molecule has 0 unspecified atom stereocenters. The van der Waals surface area contributed by atoms with Gasteiger partial charge in [0.25, 0.3) is 5.91 Å². The molecule has 6 heteroatoms. The van der Waals surface area contributed by atoms with E-state index in [2.05, 4.69) is 29.3 Å². The SMILES string of the molecule is C=CCC1(CC=C)C(=O)N(Br)C(=O)N1Cl. The van der Waals surface area contributed by atoms with E-state index >= 15 is 0 Å². The van der Waals surface area contributed by atoms with Crippen molar-refractivity contribution < 1.29 is 9.59 Å². The fraction of sp³-hybridized carbons (Fsp3) is 0.333. The van der Waals surface area contributed by atoms with Crippen LogP contribution in [0.15, 0.2) is 25.3 Å². The highest BCUT2D eigenvalue weighted by Crippen LogP contribution is 2.37. The first kappa shape index (κ1) is 12.3. The normalized spacial score (nSPS) is 19.6. The molecule has 0 saturated carbocycles. The number of nitrogens with zero attached hydrogens (tertiary/aromatic N) is 2. The molecule has 3 amide bonds. The molecular formula is C9H10BrClN2O2. The molecule has 1 rings (SSSR count). The first-order valence-electron chi connectivity index (χ1n) is 4.23. The summed E-state index contributed by atoms with van der Waals surface area (Å²) in [6, 6.07) is -0.592. The standard InChI is InChI=1S/C9H10BrClN2O2/c1-3-5-9(6-4-2)7(14)12(10)8(15)13(9)11/h3-4H,1-2,5-6H2. The Morgan fingerprint density at radius 1 is 1.33 bits per heavy atom. The van der Waals surface area contributed by atoms with Crippen molar-refractivity contribution >= 4 is 39.9 Å². The van der Waals surface area contributed by atoms with Gasteiger partial charge in [-0.05, 0) is 12.8 Å². The predicted molar refractivity (Wildman–Crippen MR) is 61.2 cm³/mol. The minimum Gasteiger partial charge on any atom is -0.271 e. The summed E-state index contributed by atoms with van der Waals surface area (Å²) in [5.41, 5.74) is -1.09. The van der Waals surface area contributed by atoms with Crippen LogP contribution in [0.4, 0.5) is 4.79 Å². The Balaban J connectivity index is 3.16. The van der Waals surface area contributed by atoms with Gasteiger partial charge in [-0.3, -0.25) is 4.79 Å². The van der Waals surface area contributed by atoms with Crippen molar-refractivity contribution in [3.05, 3.63) is 25.3 Å². The third kappa shape index (κ3) is 1.70. The van der Waals surface area contributed by atoms with Gasteiger partial charge in [-0.15, -0.1) is 13.2 Å². The van der Waals surface area contributed by atoms with E-state index in [1.165, 1.54) is 0 Å². The van der Waals surface area contributed by atoms with E-state index in [0.717, 1.165) is 8.34 Å². The number of halogens is 2. The van der Waals surface area contributed by atoms with E-state index in [0.29, 0.717) is 0 Å². The fourth-order valence-corrected chi connectivity index (χ4v) is 2.38. The highest BCUT2D eigenvalue weighted by molar-refractivity contribution is 9.08. The zero-order valence-electron chi connectivity index (χ0n) is 7.95. The van der Waals surface area contributed by atoms with E-state index in [1.54, 1.807) is 12.2 Å². The zero-order chi connectivity index (χ0) is 11.6. The number of imide groups is 1. The van der Waals surface area contributed by atoms with Crippen LogP contribution in [0, 0.1) is 0 Å². The quantitative estimate of drug-likeness (QED) is 0.454. The number of hydrogen-bond acceptors (Lipinski definition) is 2. The first-order chi connectivity index (χ1) is 7.01. The van der Waals surface area contributed by atoms with Gasteiger partial charge in [0.05, 0.1) is 16.1 Å². The summed E-state index contributed by atoms with van der Waals surface area (Å²) in [6.07, 6.45) is 3.68. The Hall–Kier alpha value is -0.810. The molecule has 0 bridgehead atoms. The summed E-state index contributed by atoms with van der Waals surface area (Å²) in [5, 5.41) is 0. The third-order valence-corrected chi connectivity index (χ3v) is 3.35. The molecule has 0 N–H and O–H groups in total. The molecule has 0 aliphatic carbocycles. The largest absolute Gasteiger partial charge is 0.352 e. The van der Waals surface area contributed by atoms with Crippen molar-refractivity contribution in [1.29, 1.82) is 0 Å². The van der Waals surface area contributed by atoms with E-state index < -0.39 is 17.5 Å². The van der Waals surface area contributed by atoms with Gasteiger partial charge in [-0.25, -0.2) is 9.21 Å². The van der Waals surface area contributed by atoms with Gasteiger partial charge in [0.1, 0.15) is 5.54 Å². The molecule has 0 radical (unpaired) electrons.